The number of allylic oxidation sites excluding steroid dienone is 1. The third-order valence-electron chi connectivity index (χ3n) is 3.03. The van der Waals surface area contributed by atoms with Crippen molar-refractivity contribution in [1.82, 2.24) is 0 Å². The maximum absolute atomic E-state index is 12.4. The normalized spacial score (nSPS) is 10.8. The Morgan fingerprint density at radius 2 is 1.75 bits per heavy atom. The Kier molecular flexibility index (Phi) is 5.78. The summed E-state index contributed by atoms with van der Waals surface area (Å²) >= 11 is 0. The number of carbonyl (C=O) groups excluding carboxylic acids is 2. The smallest absolute Gasteiger partial charge is 0.387 e. The number of nitrogens with one attached hydrogen (secondary N) is 1. The summed E-state index contributed by atoms with van der Waals surface area (Å²) in [5.41, 5.74) is 1.43. The van der Waals surface area contributed by atoms with Crippen LogP contribution in [0.3, 0.4) is 0 Å². The topological polar surface area (TPSA) is 55.4 Å². The molecule has 0 unspecified atom stereocenters. The molecule has 2 aromatic rings. The lowest BCUT2D eigenvalue weighted by Crippen LogP contribution is -2.06. The highest BCUT2D eigenvalue weighted by Crippen LogP contribution is 2.21. The SMILES string of the molecule is CC(=O)Nc1ccc(C=CC(=O)c2ccccc2OC(F)F)cc1. The summed E-state index contributed by atoms with van der Waals surface area (Å²) in [4.78, 5) is 23.1. The van der Waals surface area contributed by atoms with Crippen LogP contribution in [-0.4, -0.2) is 18.3 Å². The summed E-state index contributed by atoms with van der Waals surface area (Å²) in [6.07, 6.45) is 2.83. The van der Waals surface area contributed by atoms with E-state index in [4.69, 9.17) is 0 Å². The Morgan fingerprint density at radius 1 is 1.08 bits per heavy atom. The first-order valence-corrected chi connectivity index (χ1v) is 7.09. The third-order valence-corrected chi connectivity index (χ3v) is 3.03. The number of ketones is 1. The number of ether oxygens (including phenoxy) is 1. The second kappa shape index (κ2) is 8.01. The molecule has 1 amide bonds. The van der Waals surface area contributed by atoms with E-state index in [0.29, 0.717) is 5.69 Å². The molecule has 2 aromatic carbocycles. The number of benzene rings is 2. The van der Waals surface area contributed by atoms with Gasteiger partial charge in [0.2, 0.25) is 5.91 Å². The summed E-state index contributed by atoms with van der Waals surface area (Å²) in [6, 6.07) is 12.6. The molecule has 24 heavy (non-hydrogen) atoms. The Labute approximate surface area is 137 Å². The predicted molar refractivity (Wildman–Crippen MR) is 87.2 cm³/mol. The molecule has 0 aliphatic rings. The van der Waals surface area contributed by atoms with Gasteiger partial charge < -0.3 is 10.1 Å². The van der Waals surface area contributed by atoms with Crippen LogP contribution >= 0.6 is 0 Å². The minimum absolute atomic E-state index is 0.0592. The van der Waals surface area contributed by atoms with Gasteiger partial charge in [0.05, 0.1) is 5.56 Å². The van der Waals surface area contributed by atoms with Gasteiger partial charge in [-0.25, -0.2) is 0 Å². The van der Waals surface area contributed by atoms with Gasteiger partial charge in [0, 0.05) is 12.6 Å². The Hall–Kier alpha value is -3.02. The summed E-state index contributed by atoms with van der Waals surface area (Å²) in [6.45, 7) is -1.59. The van der Waals surface area contributed by atoms with Crippen molar-refractivity contribution >= 4 is 23.5 Å². The molecule has 0 radical (unpaired) electrons. The van der Waals surface area contributed by atoms with E-state index in [1.54, 1.807) is 36.4 Å². The summed E-state index contributed by atoms with van der Waals surface area (Å²) < 4.78 is 29.1. The first-order chi connectivity index (χ1) is 11.5. The number of rotatable bonds is 6. The molecule has 0 atom stereocenters. The molecule has 0 aliphatic carbocycles. The van der Waals surface area contributed by atoms with E-state index < -0.39 is 12.4 Å². The average molecular weight is 331 g/mol. The molecule has 0 aromatic heterocycles. The van der Waals surface area contributed by atoms with Gasteiger partial charge in [0.1, 0.15) is 5.75 Å². The molecule has 4 nitrogen and oxygen atoms in total. The van der Waals surface area contributed by atoms with Crippen LogP contribution in [0.25, 0.3) is 6.08 Å². The zero-order valence-electron chi connectivity index (χ0n) is 12.8. The maximum atomic E-state index is 12.4. The van der Waals surface area contributed by atoms with Crippen LogP contribution < -0.4 is 10.1 Å². The Balaban J connectivity index is 2.12. The van der Waals surface area contributed by atoms with Crippen molar-refractivity contribution in [3.05, 3.63) is 65.7 Å². The molecule has 6 heteroatoms. The number of anilines is 1. The van der Waals surface area contributed by atoms with E-state index in [0.717, 1.165) is 5.56 Å². The maximum Gasteiger partial charge on any atom is 0.387 e. The molecule has 0 bridgehead atoms. The van der Waals surface area contributed by atoms with Crippen LogP contribution in [0, 0.1) is 0 Å². The lowest BCUT2D eigenvalue weighted by molar-refractivity contribution is -0.114. The van der Waals surface area contributed by atoms with Gasteiger partial charge in [-0.1, -0.05) is 30.3 Å². The first-order valence-electron chi connectivity index (χ1n) is 7.09. The Morgan fingerprint density at radius 3 is 2.38 bits per heavy atom. The van der Waals surface area contributed by atoms with E-state index in [1.807, 2.05) is 0 Å². The fraction of sp³-hybridized carbons (Fsp3) is 0.111. The highest BCUT2D eigenvalue weighted by molar-refractivity contribution is 6.08. The molecule has 0 saturated carbocycles. The lowest BCUT2D eigenvalue weighted by Gasteiger charge is -2.07. The zero-order chi connectivity index (χ0) is 17.5. The number of hydrogen-bond acceptors (Lipinski definition) is 3. The van der Waals surface area contributed by atoms with Crippen molar-refractivity contribution in [3.8, 4) is 5.75 Å². The minimum atomic E-state index is -3.00. The van der Waals surface area contributed by atoms with Gasteiger partial charge >= 0.3 is 6.61 Å². The molecule has 0 spiro atoms. The van der Waals surface area contributed by atoms with Crippen molar-refractivity contribution in [2.24, 2.45) is 0 Å². The summed E-state index contributed by atoms with van der Waals surface area (Å²) in [5, 5.41) is 2.63. The largest absolute Gasteiger partial charge is 0.434 e. The second-order valence-electron chi connectivity index (χ2n) is 4.88. The van der Waals surface area contributed by atoms with E-state index >= 15 is 0 Å². The zero-order valence-corrected chi connectivity index (χ0v) is 12.8. The monoisotopic (exact) mass is 331 g/mol. The molecule has 2 rings (SSSR count). The molecule has 0 fully saturated rings. The van der Waals surface area contributed by atoms with Gasteiger partial charge in [0.25, 0.3) is 0 Å². The van der Waals surface area contributed by atoms with Crippen molar-refractivity contribution in [1.29, 1.82) is 0 Å². The fourth-order valence-corrected chi connectivity index (χ4v) is 2.01. The number of halogens is 2. The number of alkyl halides is 2. The van der Waals surface area contributed by atoms with Crippen LogP contribution in [-0.2, 0) is 4.79 Å². The van der Waals surface area contributed by atoms with Gasteiger partial charge in [0.15, 0.2) is 5.78 Å². The average Bonchev–Trinajstić information content (AvgIpc) is 2.53. The van der Waals surface area contributed by atoms with Crippen LogP contribution in [0.5, 0.6) is 5.75 Å². The number of hydrogen-bond donors (Lipinski definition) is 1. The Bertz CT molecular complexity index is 755. The standard InChI is InChI=1S/C18H15F2NO3/c1-12(22)21-14-9-6-13(7-10-14)8-11-16(23)15-4-2-3-5-17(15)24-18(19)20/h2-11,18H,1H3,(H,21,22). The molecular formula is C18H15F2NO3. The first kappa shape index (κ1) is 17.3. The van der Waals surface area contributed by atoms with Crippen molar-refractivity contribution < 1.29 is 23.1 Å². The highest BCUT2D eigenvalue weighted by Gasteiger charge is 2.13. The summed E-state index contributed by atoms with van der Waals surface area (Å²) in [5.74, 6) is -0.788. The number of amides is 1. The van der Waals surface area contributed by atoms with Gasteiger partial charge in [-0.2, -0.15) is 8.78 Å². The van der Waals surface area contributed by atoms with Crippen molar-refractivity contribution in [2.45, 2.75) is 13.5 Å². The van der Waals surface area contributed by atoms with Gasteiger partial charge in [-0.15, -0.1) is 0 Å². The van der Waals surface area contributed by atoms with Crippen molar-refractivity contribution in [2.75, 3.05) is 5.32 Å². The highest BCUT2D eigenvalue weighted by atomic mass is 19.3. The van der Waals surface area contributed by atoms with Gasteiger partial charge in [-0.3, -0.25) is 9.59 Å². The van der Waals surface area contributed by atoms with E-state index in [9.17, 15) is 18.4 Å². The molecule has 1 N–H and O–H groups in total. The molecule has 0 aliphatic heterocycles. The molecule has 124 valence electrons. The van der Waals surface area contributed by atoms with Crippen LogP contribution in [0.4, 0.5) is 14.5 Å². The summed E-state index contributed by atoms with van der Waals surface area (Å²) in [7, 11) is 0. The van der Waals surface area contributed by atoms with Crippen molar-refractivity contribution in [3.63, 3.8) is 0 Å². The van der Waals surface area contributed by atoms with Crippen LogP contribution in [0.2, 0.25) is 0 Å². The quantitative estimate of drug-likeness (QED) is 0.639. The van der Waals surface area contributed by atoms with E-state index in [2.05, 4.69) is 10.1 Å². The predicted octanol–water partition coefficient (Wildman–Crippen LogP) is 4.14. The fourth-order valence-electron chi connectivity index (χ4n) is 2.01. The lowest BCUT2D eigenvalue weighted by atomic mass is 10.1. The molecule has 0 heterocycles. The van der Waals surface area contributed by atoms with Crippen LogP contribution in [0.1, 0.15) is 22.8 Å². The molecular weight excluding hydrogens is 316 g/mol. The molecule has 0 saturated heterocycles. The van der Waals surface area contributed by atoms with Crippen LogP contribution in [0.15, 0.2) is 54.6 Å². The third kappa shape index (κ3) is 5.01. The van der Waals surface area contributed by atoms with Gasteiger partial charge in [-0.05, 0) is 35.9 Å². The number of para-hydroxylation sites is 1. The van der Waals surface area contributed by atoms with E-state index in [-0.39, 0.29) is 17.2 Å². The van der Waals surface area contributed by atoms with E-state index in [1.165, 1.54) is 31.2 Å². The number of carbonyl (C=O) groups is 2. The minimum Gasteiger partial charge on any atom is -0.434 e. The second-order valence-corrected chi connectivity index (χ2v) is 4.88.